The lowest BCUT2D eigenvalue weighted by Crippen LogP contribution is -2.38. The zero-order valence-electron chi connectivity index (χ0n) is 9.62. The van der Waals surface area contributed by atoms with Gasteiger partial charge in [-0.25, -0.2) is 0 Å². The Bertz CT molecular complexity index is 213. The van der Waals surface area contributed by atoms with E-state index in [1.165, 1.54) is 44.9 Å². The molecule has 2 N–H and O–H groups in total. The number of likely N-dealkylation sites (tertiary alicyclic amines) is 1. The summed E-state index contributed by atoms with van der Waals surface area (Å²) in [4.78, 5) is 6.75. The van der Waals surface area contributed by atoms with Crippen LogP contribution in [0.2, 0.25) is 0 Å². The Morgan fingerprint density at radius 1 is 1.13 bits per heavy atom. The van der Waals surface area contributed by atoms with Gasteiger partial charge >= 0.3 is 0 Å². The van der Waals surface area contributed by atoms with Gasteiger partial charge in [0.05, 0.1) is 0 Å². The van der Waals surface area contributed by atoms with Gasteiger partial charge in [0, 0.05) is 19.6 Å². The highest BCUT2D eigenvalue weighted by Gasteiger charge is 2.20. The van der Waals surface area contributed by atoms with Gasteiger partial charge in [-0.1, -0.05) is 25.7 Å². The van der Waals surface area contributed by atoms with Crippen LogP contribution in [0.15, 0.2) is 4.99 Å². The SMILES string of the molecule is NC(=NCCC1CC1)N1CCCCCC1. The predicted molar refractivity (Wildman–Crippen MR) is 63.9 cm³/mol. The van der Waals surface area contributed by atoms with Crippen LogP contribution >= 0.6 is 0 Å². The Morgan fingerprint density at radius 3 is 2.40 bits per heavy atom. The quantitative estimate of drug-likeness (QED) is 0.570. The molecular formula is C12H23N3. The second-order valence-electron chi connectivity index (χ2n) is 4.87. The fourth-order valence-electron chi connectivity index (χ4n) is 2.17. The van der Waals surface area contributed by atoms with Crippen molar-refractivity contribution in [2.24, 2.45) is 16.6 Å². The van der Waals surface area contributed by atoms with Crippen molar-refractivity contribution in [3.8, 4) is 0 Å². The van der Waals surface area contributed by atoms with E-state index >= 15 is 0 Å². The maximum atomic E-state index is 6.00. The van der Waals surface area contributed by atoms with Gasteiger partial charge in [0.25, 0.3) is 0 Å². The minimum absolute atomic E-state index is 0.789. The van der Waals surface area contributed by atoms with Gasteiger partial charge in [0.1, 0.15) is 0 Å². The van der Waals surface area contributed by atoms with Crippen molar-refractivity contribution in [1.82, 2.24) is 4.90 Å². The molecule has 1 saturated heterocycles. The van der Waals surface area contributed by atoms with Crippen molar-refractivity contribution in [2.45, 2.75) is 44.9 Å². The summed E-state index contributed by atoms with van der Waals surface area (Å²) in [5, 5.41) is 0. The van der Waals surface area contributed by atoms with E-state index in [0.717, 1.165) is 31.5 Å². The highest BCUT2D eigenvalue weighted by atomic mass is 15.2. The molecule has 86 valence electrons. The molecule has 1 saturated carbocycles. The Labute approximate surface area is 92.7 Å². The van der Waals surface area contributed by atoms with E-state index in [0.29, 0.717) is 0 Å². The van der Waals surface area contributed by atoms with Crippen molar-refractivity contribution in [2.75, 3.05) is 19.6 Å². The van der Waals surface area contributed by atoms with Crippen molar-refractivity contribution < 1.29 is 0 Å². The summed E-state index contributed by atoms with van der Waals surface area (Å²) in [7, 11) is 0. The van der Waals surface area contributed by atoms with Crippen LogP contribution in [0.5, 0.6) is 0 Å². The van der Waals surface area contributed by atoms with E-state index in [4.69, 9.17) is 5.73 Å². The zero-order valence-corrected chi connectivity index (χ0v) is 9.62. The minimum Gasteiger partial charge on any atom is -0.370 e. The molecule has 0 bridgehead atoms. The highest BCUT2D eigenvalue weighted by Crippen LogP contribution is 2.32. The van der Waals surface area contributed by atoms with E-state index in [1.807, 2.05) is 0 Å². The topological polar surface area (TPSA) is 41.6 Å². The largest absolute Gasteiger partial charge is 0.370 e. The average molecular weight is 209 g/mol. The van der Waals surface area contributed by atoms with Crippen LogP contribution in [0.3, 0.4) is 0 Å². The minimum atomic E-state index is 0.789. The fraction of sp³-hybridized carbons (Fsp3) is 0.917. The number of aliphatic imine (C=N–C) groups is 1. The van der Waals surface area contributed by atoms with Crippen LogP contribution in [0.1, 0.15) is 44.9 Å². The maximum absolute atomic E-state index is 6.00. The van der Waals surface area contributed by atoms with Gasteiger partial charge in [0.15, 0.2) is 5.96 Å². The van der Waals surface area contributed by atoms with E-state index in [1.54, 1.807) is 0 Å². The molecule has 0 spiro atoms. The van der Waals surface area contributed by atoms with Gasteiger partial charge in [-0.3, -0.25) is 4.99 Å². The maximum Gasteiger partial charge on any atom is 0.191 e. The highest BCUT2D eigenvalue weighted by molar-refractivity contribution is 5.78. The molecule has 0 atom stereocenters. The van der Waals surface area contributed by atoms with Gasteiger partial charge in [-0.05, 0) is 25.2 Å². The molecule has 3 nitrogen and oxygen atoms in total. The second-order valence-corrected chi connectivity index (χ2v) is 4.87. The number of hydrogen-bond donors (Lipinski definition) is 1. The summed E-state index contributed by atoms with van der Waals surface area (Å²) in [5.74, 6) is 1.75. The molecule has 2 rings (SSSR count). The monoisotopic (exact) mass is 209 g/mol. The summed E-state index contributed by atoms with van der Waals surface area (Å²) >= 11 is 0. The van der Waals surface area contributed by atoms with Gasteiger partial charge in [-0.2, -0.15) is 0 Å². The second kappa shape index (κ2) is 5.38. The summed E-state index contributed by atoms with van der Waals surface area (Å²) in [5.41, 5.74) is 6.00. The average Bonchev–Trinajstić information content (AvgIpc) is 3.04. The molecular weight excluding hydrogens is 186 g/mol. The number of nitrogens with two attached hydrogens (primary N) is 1. The first kappa shape index (κ1) is 10.8. The molecule has 2 aliphatic rings. The number of guanidine groups is 1. The first-order valence-corrected chi connectivity index (χ1v) is 6.41. The van der Waals surface area contributed by atoms with Crippen LogP contribution in [0.4, 0.5) is 0 Å². The summed E-state index contributed by atoms with van der Waals surface area (Å²) in [6.07, 6.45) is 9.34. The molecule has 0 aromatic carbocycles. The van der Waals surface area contributed by atoms with Crippen molar-refractivity contribution in [3.05, 3.63) is 0 Å². The molecule has 1 heterocycles. The summed E-state index contributed by atoms with van der Waals surface area (Å²) in [6.45, 7) is 3.16. The Balaban J connectivity index is 1.73. The number of hydrogen-bond acceptors (Lipinski definition) is 1. The Morgan fingerprint density at radius 2 is 1.80 bits per heavy atom. The van der Waals surface area contributed by atoms with Gasteiger partial charge in [-0.15, -0.1) is 0 Å². The van der Waals surface area contributed by atoms with Crippen LogP contribution in [-0.4, -0.2) is 30.5 Å². The molecule has 2 fully saturated rings. The van der Waals surface area contributed by atoms with Crippen LogP contribution in [0.25, 0.3) is 0 Å². The normalized spacial score (nSPS) is 24.0. The molecule has 15 heavy (non-hydrogen) atoms. The van der Waals surface area contributed by atoms with Crippen LogP contribution in [0, 0.1) is 5.92 Å². The van der Waals surface area contributed by atoms with Gasteiger partial charge < -0.3 is 10.6 Å². The standard InChI is InChI=1S/C12H23N3/c13-12(14-8-7-11-5-6-11)15-9-3-1-2-4-10-15/h11H,1-10H2,(H2,13,14). The Hall–Kier alpha value is -0.730. The molecule has 0 radical (unpaired) electrons. The Kier molecular flexibility index (Phi) is 3.87. The van der Waals surface area contributed by atoms with Crippen molar-refractivity contribution in [1.29, 1.82) is 0 Å². The first-order chi connectivity index (χ1) is 7.36. The van der Waals surface area contributed by atoms with E-state index in [9.17, 15) is 0 Å². The molecule has 1 aliphatic heterocycles. The molecule has 0 aromatic heterocycles. The fourth-order valence-corrected chi connectivity index (χ4v) is 2.17. The molecule has 0 aromatic rings. The lowest BCUT2D eigenvalue weighted by atomic mass is 10.2. The molecule has 0 unspecified atom stereocenters. The lowest BCUT2D eigenvalue weighted by Gasteiger charge is -2.21. The number of nitrogens with zero attached hydrogens (tertiary/aromatic N) is 2. The molecule has 1 aliphatic carbocycles. The van der Waals surface area contributed by atoms with E-state index in [-0.39, 0.29) is 0 Å². The van der Waals surface area contributed by atoms with Crippen LogP contribution < -0.4 is 5.73 Å². The zero-order chi connectivity index (χ0) is 10.5. The smallest absolute Gasteiger partial charge is 0.191 e. The van der Waals surface area contributed by atoms with E-state index < -0.39 is 0 Å². The van der Waals surface area contributed by atoms with Crippen molar-refractivity contribution >= 4 is 5.96 Å². The third kappa shape index (κ3) is 3.73. The number of rotatable bonds is 3. The van der Waals surface area contributed by atoms with E-state index in [2.05, 4.69) is 9.89 Å². The lowest BCUT2D eigenvalue weighted by molar-refractivity contribution is 0.428. The molecule has 0 amide bonds. The van der Waals surface area contributed by atoms with Crippen LogP contribution in [-0.2, 0) is 0 Å². The van der Waals surface area contributed by atoms with Crippen molar-refractivity contribution in [3.63, 3.8) is 0 Å². The summed E-state index contributed by atoms with van der Waals surface area (Å²) in [6, 6.07) is 0. The third-order valence-corrected chi connectivity index (χ3v) is 3.44. The summed E-state index contributed by atoms with van der Waals surface area (Å²) < 4.78 is 0. The first-order valence-electron chi connectivity index (χ1n) is 6.41. The molecule has 3 heteroatoms. The predicted octanol–water partition coefficient (Wildman–Crippen LogP) is 1.98. The van der Waals surface area contributed by atoms with Gasteiger partial charge in [0.2, 0.25) is 0 Å². The third-order valence-electron chi connectivity index (χ3n) is 3.44.